The summed E-state index contributed by atoms with van der Waals surface area (Å²) in [7, 11) is 0. The fourth-order valence-electron chi connectivity index (χ4n) is 2.61. The Morgan fingerprint density at radius 2 is 2.29 bits per heavy atom. The first-order chi connectivity index (χ1) is 10.1. The van der Waals surface area contributed by atoms with Gasteiger partial charge in [0.25, 0.3) is 0 Å². The summed E-state index contributed by atoms with van der Waals surface area (Å²) in [4.78, 5) is 1.20. The van der Waals surface area contributed by atoms with Crippen LogP contribution in [-0.4, -0.2) is 6.61 Å². The maximum absolute atomic E-state index is 6.22. The topological polar surface area (TPSA) is 47.3 Å². The molecule has 0 saturated heterocycles. The van der Waals surface area contributed by atoms with Gasteiger partial charge in [0.15, 0.2) is 0 Å². The lowest BCUT2D eigenvalue weighted by molar-refractivity contribution is 0.351. The number of ether oxygens (including phenoxy) is 1. The van der Waals surface area contributed by atoms with Crippen molar-refractivity contribution in [2.45, 2.75) is 25.8 Å². The monoisotopic (exact) mass is 386 g/mol. The Hall–Kier alpha value is -0.590. The quantitative estimate of drug-likeness (QED) is 0.612. The van der Waals surface area contributed by atoms with Gasteiger partial charge in [0, 0.05) is 16.3 Å². The molecule has 1 aromatic carbocycles. The number of thiophene rings is 1. The molecule has 0 saturated carbocycles. The third kappa shape index (κ3) is 3.12. The van der Waals surface area contributed by atoms with Gasteiger partial charge in [0.1, 0.15) is 5.75 Å². The Morgan fingerprint density at radius 1 is 1.48 bits per heavy atom. The molecule has 0 radical (unpaired) electrons. The molecule has 112 valence electrons. The molecule has 0 bridgehead atoms. The van der Waals surface area contributed by atoms with Crippen LogP contribution in [0, 0.1) is 6.92 Å². The lowest BCUT2D eigenvalue weighted by Crippen LogP contribution is -2.29. The number of benzene rings is 1. The summed E-state index contributed by atoms with van der Waals surface area (Å²) in [6.07, 6.45) is 1.68. The van der Waals surface area contributed by atoms with Crippen molar-refractivity contribution in [1.82, 2.24) is 5.43 Å². The minimum atomic E-state index is 0.0479. The molecule has 1 unspecified atom stereocenters. The molecule has 6 heteroatoms. The maximum atomic E-state index is 6.22. The van der Waals surface area contributed by atoms with Crippen molar-refractivity contribution in [3.8, 4) is 5.75 Å². The van der Waals surface area contributed by atoms with Gasteiger partial charge < -0.3 is 4.74 Å². The van der Waals surface area contributed by atoms with Gasteiger partial charge in [-0.2, -0.15) is 0 Å². The van der Waals surface area contributed by atoms with Crippen LogP contribution in [0.15, 0.2) is 22.0 Å². The molecule has 1 aliphatic heterocycles. The summed E-state index contributed by atoms with van der Waals surface area (Å²) in [5, 5.41) is 0.758. The summed E-state index contributed by atoms with van der Waals surface area (Å²) in [5.41, 5.74) is 6.44. The maximum Gasteiger partial charge on any atom is 0.125 e. The standard InChI is InChI=1S/C15H16BrClN2OS/c1-8-4-13(21-15(8)16)12(19-18)7-10-6-11(17)5-9-2-3-20-14(9)10/h4-6,12,19H,2-3,7,18H2,1H3. The van der Waals surface area contributed by atoms with Gasteiger partial charge in [-0.1, -0.05) is 11.6 Å². The smallest absolute Gasteiger partial charge is 0.125 e. The number of halogens is 2. The molecule has 3 rings (SSSR count). The number of rotatable bonds is 4. The Labute approximate surface area is 141 Å². The van der Waals surface area contributed by atoms with E-state index in [1.165, 1.54) is 16.0 Å². The van der Waals surface area contributed by atoms with E-state index in [1.807, 2.05) is 12.1 Å². The van der Waals surface area contributed by atoms with Crippen molar-refractivity contribution >= 4 is 38.9 Å². The molecule has 21 heavy (non-hydrogen) atoms. The van der Waals surface area contributed by atoms with Gasteiger partial charge in [0.05, 0.1) is 16.4 Å². The van der Waals surface area contributed by atoms with Crippen LogP contribution < -0.4 is 16.0 Å². The molecule has 1 atom stereocenters. The first-order valence-electron chi connectivity index (χ1n) is 6.74. The van der Waals surface area contributed by atoms with E-state index in [1.54, 1.807) is 11.3 Å². The number of fused-ring (bicyclic) bond motifs is 1. The van der Waals surface area contributed by atoms with E-state index in [9.17, 15) is 0 Å². The molecule has 2 aromatic rings. The Balaban J connectivity index is 1.91. The number of hydrogen-bond acceptors (Lipinski definition) is 4. The highest BCUT2D eigenvalue weighted by atomic mass is 79.9. The second-order valence-corrected chi connectivity index (χ2v) is 8.02. The zero-order valence-electron chi connectivity index (χ0n) is 11.6. The van der Waals surface area contributed by atoms with Crippen LogP contribution in [0.2, 0.25) is 5.02 Å². The normalized spacial score (nSPS) is 14.9. The average Bonchev–Trinajstić information content (AvgIpc) is 3.03. The second-order valence-electron chi connectivity index (χ2n) is 5.18. The SMILES string of the molecule is Cc1cc(C(Cc2cc(Cl)cc3c2OCC3)NN)sc1Br. The van der Waals surface area contributed by atoms with Crippen molar-refractivity contribution in [1.29, 1.82) is 0 Å². The number of hydrogen-bond donors (Lipinski definition) is 2. The molecule has 3 nitrogen and oxygen atoms in total. The molecule has 2 heterocycles. The third-order valence-electron chi connectivity index (χ3n) is 3.67. The zero-order chi connectivity index (χ0) is 15.0. The van der Waals surface area contributed by atoms with Crippen LogP contribution in [0.4, 0.5) is 0 Å². The molecule has 0 fully saturated rings. The fourth-order valence-corrected chi connectivity index (χ4v) is 4.51. The highest BCUT2D eigenvalue weighted by molar-refractivity contribution is 9.11. The van der Waals surface area contributed by atoms with E-state index in [0.717, 1.165) is 39.6 Å². The molecule has 0 aliphatic carbocycles. The third-order valence-corrected chi connectivity index (χ3v) is 6.14. The predicted molar refractivity (Wildman–Crippen MR) is 91.2 cm³/mol. The van der Waals surface area contributed by atoms with E-state index in [-0.39, 0.29) is 6.04 Å². The predicted octanol–water partition coefficient (Wildman–Crippen LogP) is 4.15. The van der Waals surface area contributed by atoms with Crippen molar-refractivity contribution < 1.29 is 4.74 Å². The minimum Gasteiger partial charge on any atom is -0.493 e. The Kier molecular flexibility index (Phi) is 4.57. The summed E-state index contributed by atoms with van der Waals surface area (Å²) in [5.74, 6) is 6.74. The summed E-state index contributed by atoms with van der Waals surface area (Å²) in [6.45, 7) is 2.81. The van der Waals surface area contributed by atoms with Gasteiger partial charge in [-0.3, -0.25) is 11.3 Å². The molecule has 1 aromatic heterocycles. The molecule has 0 amide bonds. The van der Waals surface area contributed by atoms with Crippen molar-refractivity contribution in [3.63, 3.8) is 0 Å². The Morgan fingerprint density at radius 3 is 2.95 bits per heavy atom. The second kappa shape index (κ2) is 6.26. The van der Waals surface area contributed by atoms with Crippen molar-refractivity contribution in [2.75, 3.05) is 6.61 Å². The number of nitrogens with one attached hydrogen (secondary N) is 1. The van der Waals surface area contributed by atoms with Crippen LogP contribution in [-0.2, 0) is 12.8 Å². The van der Waals surface area contributed by atoms with Gasteiger partial charge in [0.2, 0.25) is 0 Å². The van der Waals surface area contributed by atoms with E-state index in [0.29, 0.717) is 0 Å². The molecule has 1 aliphatic rings. The summed E-state index contributed by atoms with van der Waals surface area (Å²) in [6, 6.07) is 6.17. The Bertz CT molecular complexity index is 654. The average molecular weight is 388 g/mol. The van der Waals surface area contributed by atoms with Crippen molar-refractivity contribution in [3.05, 3.63) is 48.6 Å². The van der Waals surface area contributed by atoms with Crippen LogP contribution in [0.3, 0.4) is 0 Å². The molecule has 0 spiro atoms. The molecular weight excluding hydrogens is 372 g/mol. The first-order valence-corrected chi connectivity index (χ1v) is 8.73. The fraction of sp³-hybridized carbons (Fsp3) is 0.333. The lowest BCUT2D eigenvalue weighted by Gasteiger charge is -2.16. The van der Waals surface area contributed by atoms with Crippen molar-refractivity contribution in [2.24, 2.45) is 5.84 Å². The highest BCUT2D eigenvalue weighted by Crippen LogP contribution is 2.37. The van der Waals surface area contributed by atoms with Crippen LogP contribution >= 0.6 is 38.9 Å². The summed E-state index contributed by atoms with van der Waals surface area (Å²) < 4.78 is 6.91. The highest BCUT2D eigenvalue weighted by Gasteiger charge is 2.22. The van der Waals surface area contributed by atoms with Crippen LogP contribution in [0.5, 0.6) is 5.75 Å². The zero-order valence-corrected chi connectivity index (χ0v) is 14.7. The first kappa shape index (κ1) is 15.3. The summed E-state index contributed by atoms with van der Waals surface area (Å²) >= 11 is 11.5. The number of nitrogens with two attached hydrogens (primary N) is 1. The molecule has 3 N–H and O–H groups in total. The van der Waals surface area contributed by atoms with Gasteiger partial charge in [-0.05, 0) is 64.2 Å². The molecular formula is C15H16BrClN2OS. The lowest BCUT2D eigenvalue weighted by atomic mass is 10.0. The van der Waals surface area contributed by atoms with Gasteiger partial charge in [-0.25, -0.2) is 0 Å². The van der Waals surface area contributed by atoms with Crippen LogP contribution in [0.25, 0.3) is 0 Å². The van der Waals surface area contributed by atoms with E-state index in [4.69, 9.17) is 22.2 Å². The van der Waals surface area contributed by atoms with E-state index >= 15 is 0 Å². The van der Waals surface area contributed by atoms with E-state index < -0.39 is 0 Å². The minimum absolute atomic E-state index is 0.0479. The van der Waals surface area contributed by atoms with Crippen LogP contribution in [0.1, 0.15) is 27.6 Å². The number of aryl methyl sites for hydroxylation is 1. The van der Waals surface area contributed by atoms with Gasteiger partial charge >= 0.3 is 0 Å². The van der Waals surface area contributed by atoms with E-state index in [2.05, 4.69) is 34.3 Å². The van der Waals surface area contributed by atoms with Gasteiger partial charge in [-0.15, -0.1) is 11.3 Å². The number of hydrazine groups is 1. The largest absolute Gasteiger partial charge is 0.493 e.